The molecule has 142 valence electrons. The molecule has 0 bridgehead atoms. The fraction of sp³-hybridized carbons (Fsp3) is 0.278. The summed E-state index contributed by atoms with van der Waals surface area (Å²) in [6, 6.07) is 2.74. The molecule has 0 aromatic heterocycles. The Hall–Kier alpha value is -2.58. The maximum absolute atomic E-state index is 12.3. The number of sulfonamides is 1. The van der Waals surface area contributed by atoms with E-state index in [1.807, 2.05) is 0 Å². The summed E-state index contributed by atoms with van der Waals surface area (Å²) in [6.07, 6.45) is 5.87. The van der Waals surface area contributed by atoms with E-state index in [2.05, 4.69) is 16.6 Å². The van der Waals surface area contributed by atoms with Crippen LogP contribution in [0.2, 0.25) is 0 Å². The summed E-state index contributed by atoms with van der Waals surface area (Å²) in [4.78, 5) is 12.3. The molecule has 8 heteroatoms. The van der Waals surface area contributed by atoms with Crippen LogP contribution in [0.4, 0.5) is 5.69 Å². The van der Waals surface area contributed by atoms with Crippen LogP contribution in [0.25, 0.3) is 0 Å². The fourth-order valence-electron chi connectivity index (χ4n) is 1.89. The number of aryl methyl sites for hydroxylation is 1. The van der Waals surface area contributed by atoms with Gasteiger partial charge in [0.2, 0.25) is 10.0 Å². The average Bonchev–Trinajstić information content (AvgIpc) is 2.55. The second-order valence-corrected chi connectivity index (χ2v) is 8.14. The van der Waals surface area contributed by atoms with E-state index in [1.165, 1.54) is 36.4 Å². The minimum atomic E-state index is -3.38. The predicted octanol–water partition coefficient (Wildman–Crippen LogP) is 2.34. The van der Waals surface area contributed by atoms with Crippen LogP contribution in [-0.2, 0) is 14.8 Å². The first-order valence-corrected chi connectivity index (χ1v) is 9.44. The minimum Gasteiger partial charge on any atom is -0.504 e. The van der Waals surface area contributed by atoms with Crippen LogP contribution in [0, 0.1) is 6.92 Å². The van der Waals surface area contributed by atoms with Crippen LogP contribution in [0.3, 0.4) is 0 Å². The lowest BCUT2D eigenvalue weighted by molar-refractivity contribution is -0.112. The summed E-state index contributed by atoms with van der Waals surface area (Å²) in [5, 5.41) is 21.2. The maximum Gasteiger partial charge on any atom is 0.255 e. The molecule has 7 nitrogen and oxygen atoms in total. The predicted molar refractivity (Wildman–Crippen MR) is 103 cm³/mol. The quantitative estimate of drug-likeness (QED) is 0.239. The van der Waals surface area contributed by atoms with Gasteiger partial charge in [-0.2, -0.15) is 0 Å². The van der Waals surface area contributed by atoms with Crippen molar-refractivity contribution in [3.63, 3.8) is 0 Å². The van der Waals surface area contributed by atoms with Crippen LogP contribution >= 0.6 is 0 Å². The molecular weight excluding hydrogens is 356 g/mol. The molecule has 0 fully saturated rings. The van der Waals surface area contributed by atoms with E-state index in [0.717, 1.165) is 0 Å². The Kier molecular flexibility index (Phi) is 7.60. The maximum atomic E-state index is 12.3. The van der Waals surface area contributed by atoms with Crippen LogP contribution in [0.1, 0.15) is 19.4 Å². The molecule has 0 aliphatic rings. The van der Waals surface area contributed by atoms with E-state index in [4.69, 9.17) is 0 Å². The number of nitrogens with one attached hydrogen (secondary N) is 2. The van der Waals surface area contributed by atoms with E-state index in [9.17, 15) is 23.4 Å². The number of phenols is 2. The lowest BCUT2D eigenvalue weighted by Gasteiger charge is -2.09. The molecule has 26 heavy (non-hydrogen) atoms. The second-order valence-electron chi connectivity index (χ2n) is 5.82. The highest BCUT2D eigenvalue weighted by Gasteiger charge is 2.14. The molecule has 0 spiro atoms. The summed E-state index contributed by atoms with van der Waals surface area (Å²) >= 11 is 0. The van der Waals surface area contributed by atoms with Gasteiger partial charge in [0.15, 0.2) is 11.5 Å². The summed E-state index contributed by atoms with van der Waals surface area (Å²) in [6.45, 7) is 8.31. The lowest BCUT2D eigenvalue weighted by atomic mass is 10.1. The van der Waals surface area contributed by atoms with Gasteiger partial charge >= 0.3 is 0 Å². The van der Waals surface area contributed by atoms with Crippen molar-refractivity contribution in [1.82, 2.24) is 4.72 Å². The Balaban J connectivity index is 2.84. The summed E-state index contributed by atoms with van der Waals surface area (Å²) in [5.41, 5.74) is 0.966. The highest BCUT2D eigenvalue weighted by Crippen LogP contribution is 2.31. The van der Waals surface area contributed by atoms with Crippen molar-refractivity contribution >= 4 is 21.6 Å². The van der Waals surface area contributed by atoms with Gasteiger partial charge in [0.05, 0.1) is 5.25 Å². The van der Waals surface area contributed by atoms with Crippen molar-refractivity contribution < 1.29 is 23.4 Å². The van der Waals surface area contributed by atoms with Crippen LogP contribution in [-0.4, -0.2) is 36.3 Å². The monoisotopic (exact) mass is 380 g/mol. The fourth-order valence-corrected chi connectivity index (χ4v) is 2.55. The second kappa shape index (κ2) is 9.21. The van der Waals surface area contributed by atoms with Gasteiger partial charge in [0.25, 0.3) is 5.91 Å². The highest BCUT2D eigenvalue weighted by molar-refractivity contribution is 7.90. The van der Waals surface area contributed by atoms with Crippen LogP contribution in [0.15, 0.2) is 48.6 Å². The molecule has 1 aromatic rings. The number of hydrogen-bond donors (Lipinski definition) is 4. The molecule has 0 heterocycles. The number of benzene rings is 1. The SMILES string of the molecule is C=C/C=C(\C=C/CNS(=O)(=O)C(C)C)C(=O)Nc1cc(C)c(O)c(O)c1. The number of phenolic OH excluding ortho intramolecular Hbond substituents is 2. The Morgan fingerprint density at radius 1 is 1.31 bits per heavy atom. The van der Waals surface area contributed by atoms with E-state index >= 15 is 0 Å². The Morgan fingerprint density at radius 2 is 1.96 bits per heavy atom. The van der Waals surface area contributed by atoms with Crippen molar-refractivity contribution in [2.75, 3.05) is 11.9 Å². The van der Waals surface area contributed by atoms with Gasteiger partial charge in [-0.15, -0.1) is 0 Å². The van der Waals surface area contributed by atoms with Gasteiger partial charge in [0, 0.05) is 23.9 Å². The van der Waals surface area contributed by atoms with Crippen molar-refractivity contribution in [3.05, 3.63) is 54.2 Å². The topological polar surface area (TPSA) is 116 Å². The molecule has 0 saturated heterocycles. The molecular formula is C18H24N2O5S. The average molecular weight is 380 g/mol. The normalized spacial score (nSPS) is 12.5. The van der Waals surface area contributed by atoms with Gasteiger partial charge in [-0.3, -0.25) is 4.79 Å². The number of amides is 1. The highest BCUT2D eigenvalue weighted by atomic mass is 32.2. The zero-order chi connectivity index (χ0) is 19.9. The molecule has 1 amide bonds. The van der Waals surface area contributed by atoms with Crippen molar-refractivity contribution in [1.29, 1.82) is 0 Å². The van der Waals surface area contributed by atoms with Gasteiger partial charge in [0.1, 0.15) is 0 Å². The number of rotatable bonds is 8. The molecule has 0 radical (unpaired) electrons. The molecule has 1 rings (SSSR count). The van der Waals surface area contributed by atoms with Gasteiger partial charge in [-0.25, -0.2) is 13.1 Å². The zero-order valence-corrected chi connectivity index (χ0v) is 15.8. The van der Waals surface area contributed by atoms with Crippen molar-refractivity contribution in [2.24, 2.45) is 0 Å². The molecule has 1 aromatic carbocycles. The van der Waals surface area contributed by atoms with Gasteiger partial charge < -0.3 is 15.5 Å². The smallest absolute Gasteiger partial charge is 0.255 e. The van der Waals surface area contributed by atoms with Crippen molar-refractivity contribution in [3.8, 4) is 11.5 Å². The van der Waals surface area contributed by atoms with Gasteiger partial charge in [-0.1, -0.05) is 30.9 Å². The Labute approximate surface area is 153 Å². The Morgan fingerprint density at radius 3 is 2.50 bits per heavy atom. The van der Waals surface area contributed by atoms with Crippen LogP contribution < -0.4 is 10.0 Å². The third kappa shape index (κ3) is 6.05. The van der Waals surface area contributed by atoms with E-state index in [0.29, 0.717) is 11.3 Å². The minimum absolute atomic E-state index is 0.0430. The first-order chi connectivity index (χ1) is 12.1. The number of hydrogen-bond acceptors (Lipinski definition) is 5. The number of aromatic hydroxyl groups is 2. The third-order valence-corrected chi connectivity index (χ3v) is 5.23. The number of anilines is 1. The molecule has 4 N–H and O–H groups in total. The molecule has 0 aliphatic carbocycles. The summed E-state index contributed by atoms with van der Waals surface area (Å²) in [5.74, 6) is -1.06. The number of carbonyl (C=O) groups excluding carboxylic acids is 1. The zero-order valence-electron chi connectivity index (χ0n) is 15.0. The summed E-state index contributed by atoms with van der Waals surface area (Å²) < 4.78 is 25.7. The first-order valence-electron chi connectivity index (χ1n) is 7.90. The standard InChI is InChI=1S/C18H24N2O5S/c1-5-7-14(8-6-9-19-26(24,25)12(2)3)18(23)20-15-10-13(4)17(22)16(21)11-15/h5-8,10-12,19,21-22H,1,9H2,2-4H3,(H,20,23)/b8-6-,14-7+. The molecule has 0 saturated carbocycles. The third-order valence-electron chi connectivity index (χ3n) is 3.42. The Bertz CT molecular complexity index is 816. The largest absolute Gasteiger partial charge is 0.504 e. The van der Waals surface area contributed by atoms with Crippen LogP contribution in [0.5, 0.6) is 11.5 Å². The molecule has 0 unspecified atom stereocenters. The summed E-state index contributed by atoms with van der Waals surface area (Å²) in [7, 11) is -3.38. The van der Waals surface area contributed by atoms with E-state index in [1.54, 1.807) is 20.8 Å². The molecule has 0 atom stereocenters. The molecule has 0 aliphatic heterocycles. The van der Waals surface area contributed by atoms with E-state index in [-0.39, 0.29) is 23.6 Å². The van der Waals surface area contributed by atoms with Gasteiger partial charge in [-0.05, 0) is 32.4 Å². The number of carbonyl (C=O) groups is 1. The van der Waals surface area contributed by atoms with Crippen molar-refractivity contribution in [2.45, 2.75) is 26.0 Å². The lowest BCUT2D eigenvalue weighted by Crippen LogP contribution is -2.30. The number of allylic oxidation sites excluding steroid dienone is 2. The first kappa shape index (κ1) is 21.5. The van der Waals surface area contributed by atoms with E-state index < -0.39 is 21.2 Å².